The molecule has 0 radical (unpaired) electrons. The van der Waals surface area contributed by atoms with Gasteiger partial charge in [-0.25, -0.2) is 0 Å². The van der Waals surface area contributed by atoms with E-state index >= 15 is 0 Å². The van der Waals surface area contributed by atoms with Crippen LogP contribution in [0, 0.1) is 12.3 Å². The third-order valence-corrected chi connectivity index (χ3v) is 2.81. The SMILES string of the molecule is [CH2-]CCC=C(C)CC(=CC)CCC(C)(C)C. The molecule has 0 heteroatoms. The molecule has 0 fully saturated rings. The average molecular weight is 221 g/mol. The minimum absolute atomic E-state index is 0.444. The van der Waals surface area contributed by atoms with Gasteiger partial charge < -0.3 is 6.92 Å². The molecule has 0 unspecified atom stereocenters. The summed E-state index contributed by atoms with van der Waals surface area (Å²) < 4.78 is 0. The van der Waals surface area contributed by atoms with Gasteiger partial charge in [0.05, 0.1) is 0 Å². The van der Waals surface area contributed by atoms with E-state index in [0.717, 1.165) is 19.3 Å². The van der Waals surface area contributed by atoms with E-state index in [-0.39, 0.29) is 0 Å². The first-order chi connectivity index (χ1) is 7.39. The number of allylic oxidation sites excluding steroid dienone is 4. The second kappa shape index (κ2) is 7.70. The van der Waals surface area contributed by atoms with Crippen molar-refractivity contribution in [1.29, 1.82) is 0 Å². The molecule has 0 atom stereocenters. The first-order valence-corrected chi connectivity index (χ1v) is 6.48. The molecule has 0 nitrogen and oxygen atoms in total. The monoisotopic (exact) mass is 221 g/mol. The minimum atomic E-state index is 0.444. The second-order valence-corrected chi connectivity index (χ2v) is 5.88. The van der Waals surface area contributed by atoms with Gasteiger partial charge >= 0.3 is 0 Å². The molecule has 0 amide bonds. The summed E-state index contributed by atoms with van der Waals surface area (Å²) in [5.41, 5.74) is 3.51. The van der Waals surface area contributed by atoms with Gasteiger partial charge in [-0.05, 0) is 38.5 Å². The Morgan fingerprint density at radius 3 is 2.31 bits per heavy atom. The van der Waals surface area contributed by atoms with Crippen LogP contribution in [0.2, 0.25) is 0 Å². The molecule has 0 bridgehead atoms. The molecule has 0 aliphatic carbocycles. The van der Waals surface area contributed by atoms with Gasteiger partial charge in [0, 0.05) is 0 Å². The highest BCUT2D eigenvalue weighted by Crippen LogP contribution is 2.26. The maximum Gasteiger partial charge on any atom is -0.0111 e. The van der Waals surface area contributed by atoms with E-state index in [1.165, 1.54) is 18.4 Å². The van der Waals surface area contributed by atoms with Crippen LogP contribution in [0.1, 0.15) is 66.7 Å². The summed E-state index contributed by atoms with van der Waals surface area (Å²) >= 11 is 0. The van der Waals surface area contributed by atoms with Crippen LogP contribution in [0.25, 0.3) is 0 Å². The Morgan fingerprint density at radius 1 is 1.25 bits per heavy atom. The van der Waals surface area contributed by atoms with Crippen molar-refractivity contribution >= 4 is 0 Å². The van der Waals surface area contributed by atoms with Crippen LogP contribution in [0.5, 0.6) is 0 Å². The van der Waals surface area contributed by atoms with Crippen molar-refractivity contribution in [3.05, 3.63) is 30.2 Å². The van der Waals surface area contributed by atoms with E-state index in [2.05, 4.69) is 53.7 Å². The van der Waals surface area contributed by atoms with Crippen molar-refractivity contribution in [3.8, 4) is 0 Å². The molecular formula is C16H29-. The van der Waals surface area contributed by atoms with E-state index in [4.69, 9.17) is 0 Å². The fourth-order valence-electron chi connectivity index (χ4n) is 1.65. The normalized spacial score (nSPS) is 14.4. The van der Waals surface area contributed by atoms with Crippen LogP contribution in [0.15, 0.2) is 23.3 Å². The van der Waals surface area contributed by atoms with Crippen LogP contribution in [0.3, 0.4) is 0 Å². The second-order valence-electron chi connectivity index (χ2n) is 5.88. The topological polar surface area (TPSA) is 0 Å². The van der Waals surface area contributed by atoms with Gasteiger partial charge in [0.25, 0.3) is 0 Å². The third kappa shape index (κ3) is 8.76. The van der Waals surface area contributed by atoms with Crippen LogP contribution in [-0.2, 0) is 0 Å². The van der Waals surface area contributed by atoms with Crippen LogP contribution < -0.4 is 0 Å². The van der Waals surface area contributed by atoms with Crippen molar-refractivity contribution in [2.45, 2.75) is 66.7 Å². The largest absolute Gasteiger partial charge is 0.343 e. The summed E-state index contributed by atoms with van der Waals surface area (Å²) in [6.07, 6.45) is 10.4. The van der Waals surface area contributed by atoms with Crippen molar-refractivity contribution in [2.24, 2.45) is 5.41 Å². The van der Waals surface area contributed by atoms with Crippen molar-refractivity contribution in [2.75, 3.05) is 0 Å². The molecule has 0 aromatic carbocycles. The molecule has 0 spiro atoms. The fraction of sp³-hybridized carbons (Fsp3) is 0.688. The molecule has 0 saturated carbocycles. The fourth-order valence-corrected chi connectivity index (χ4v) is 1.65. The lowest BCUT2D eigenvalue weighted by Gasteiger charge is -2.19. The smallest absolute Gasteiger partial charge is 0.0111 e. The molecule has 0 saturated heterocycles. The highest BCUT2D eigenvalue weighted by molar-refractivity contribution is 5.13. The summed E-state index contributed by atoms with van der Waals surface area (Å²) in [4.78, 5) is 0. The molecule has 0 aliphatic heterocycles. The summed E-state index contributed by atoms with van der Waals surface area (Å²) in [5.74, 6) is 0. The van der Waals surface area contributed by atoms with Gasteiger partial charge in [0.15, 0.2) is 0 Å². The molecule has 0 aliphatic rings. The number of unbranched alkanes of at least 4 members (excludes halogenated alkanes) is 1. The lowest BCUT2D eigenvalue weighted by molar-refractivity contribution is 0.376. The number of rotatable bonds is 6. The lowest BCUT2D eigenvalue weighted by atomic mass is 9.87. The first kappa shape index (κ1) is 15.5. The molecule has 16 heavy (non-hydrogen) atoms. The molecule has 0 rings (SSSR count). The number of hydrogen-bond acceptors (Lipinski definition) is 0. The van der Waals surface area contributed by atoms with Gasteiger partial charge in [-0.3, -0.25) is 0 Å². The van der Waals surface area contributed by atoms with E-state index in [1.54, 1.807) is 5.57 Å². The van der Waals surface area contributed by atoms with E-state index in [0.29, 0.717) is 5.41 Å². The Hall–Kier alpha value is -0.520. The van der Waals surface area contributed by atoms with Gasteiger partial charge in [-0.1, -0.05) is 50.5 Å². The van der Waals surface area contributed by atoms with Crippen molar-refractivity contribution < 1.29 is 0 Å². The van der Waals surface area contributed by atoms with Crippen molar-refractivity contribution in [1.82, 2.24) is 0 Å². The number of hydrogen-bond donors (Lipinski definition) is 0. The zero-order valence-corrected chi connectivity index (χ0v) is 11.9. The Labute approximate surface area is 103 Å². The van der Waals surface area contributed by atoms with Gasteiger partial charge in [-0.2, -0.15) is 6.42 Å². The zero-order chi connectivity index (χ0) is 12.6. The van der Waals surface area contributed by atoms with E-state index in [1.807, 2.05) is 0 Å². The van der Waals surface area contributed by atoms with E-state index in [9.17, 15) is 0 Å². The minimum Gasteiger partial charge on any atom is -0.343 e. The van der Waals surface area contributed by atoms with Crippen molar-refractivity contribution in [3.63, 3.8) is 0 Å². The summed E-state index contributed by atoms with van der Waals surface area (Å²) in [7, 11) is 0. The highest BCUT2D eigenvalue weighted by Gasteiger charge is 2.10. The Kier molecular flexibility index (Phi) is 7.45. The predicted octanol–water partition coefficient (Wildman–Crippen LogP) is 5.71. The maximum absolute atomic E-state index is 3.87. The standard InChI is InChI=1S/C16H29/c1-7-9-10-14(3)13-15(8-2)11-12-16(4,5)6/h8,10H,1,7,9,11-13H2,2-6H3/q-1. The maximum atomic E-state index is 3.87. The Morgan fingerprint density at radius 2 is 1.88 bits per heavy atom. The highest BCUT2D eigenvalue weighted by atomic mass is 14.2. The third-order valence-electron chi connectivity index (χ3n) is 2.81. The Balaban J connectivity index is 4.12. The Bertz CT molecular complexity index is 235. The van der Waals surface area contributed by atoms with Crippen LogP contribution in [0.4, 0.5) is 0 Å². The summed E-state index contributed by atoms with van der Waals surface area (Å²) in [6, 6.07) is 0. The molecule has 0 N–H and O–H groups in total. The summed E-state index contributed by atoms with van der Waals surface area (Å²) in [6.45, 7) is 15.2. The first-order valence-electron chi connectivity index (χ1n) is 6.48. The molecular weight excluding hydrogens is 192 g/mol. The van der Waals surface area contributed by atoms with Gasteiger partial charge in [-0.15, -0.1) is 0 Å². The average Bonchev–Trinajstić information content (AvgIpc) is 2.19. The summed E-state index contributed by atoms with van der Waals surface area (Å²) in [5, 5.41) is 0. The predicted molar refractivity (Wildman–Crippen MR) is 75.4 cm³/mol. The lowest BCUT2D eigenvalue weighted by Crippen LogP contribution is -2.05. The van der Waals surface area contributed by atoms with Crippen LogP contribution in [-0.4, -0.2) is 0 Å². The molecule has 0 aromatic heterocycles. The van der Waals surface area contributed by atoms with E-state index < -0.39 is 0 Å². The van der Waals surface area contributed by atoms with Gasteiger partial charge in [0.1, 0.15) is 0 Å². The zero-order valence-electron chi connectivity index (χ0n) is 11.9. The quantitative estimate of drug-likeness (QED) is 0.398. The van der Waals surface area contributed by atoms with Gasteiger partial charge in [0.2, 0.25) is 0 Å². The molecule has 0 heterocycles. The molecule has 0 aromatic rings. The molecule has 94 valence electrons. The van der Waals surface area contributed by atoms with Crippen LogP contribution >= 0.6 is 0 Å².